The molecule has 2 aliphatic heterocycles. The van der Waals surface area contributed by atoms with Crippen molar-refractivity contribution in [2.45, 2.75) is 45.9 Å². The molecule has 0 bridgehead atoms. The second-order valence-corrected chi connectivity index (χ2v) is 9.52. The number of benzene rings is 1. The summed E-state index contributed by atoms with van der Waals surface area (Å²) in [7, 11) is 0. The van der Waals surface area contributed by atoms with Crippen LogP contribution < -0.4 is 19.9 Å². The third-order valence-electron chi connectivity index (χ3n) is 6.33. The number of nitrogens with one attached hydrogen (secondary N) is 1. The van der Waals surface area contributed by atoms with E-state index >= 15 is 0 Å². The first-order chi connectivity index (χ1) is 17.3. The summed E-state index contributed by atoms with van der Waals surface area (Å²) in [5.41, 5.74) is 1.88. The molecule has 2 unspecified atom stereocenters. The number of morpholine rings is 1. The number of rotatable bonds is 5. The predicted octanol–water partition coefficient (Wildman–Crippen LogP) is 4.78. The summed E-state index contributed by atoms with van der Waals surface area (Å²) in [5, 5.41) is 3.02. The molecule has 0 radical (unpaired) electrons. The molecule has 36 heavy (non-hydrogen) atoms. The fourth-order valence-corrected chi connectivity index (χ4v) is 4.75. The lowest BCUT2D eigenvalue weighted by Crippen LogP contribution is -2.45. The first-order valence-corrected chi connectivity index (χ1v) is 12.2. The average molecular weight is 497 g/mol. The zero-order valence-electron chi connectivity index (χ0n) is 20.8. The van der Waals surface area contributed by atoms with E-state index in [-0.39, 0.29) is 35.6 Å². The van der Waals surface area contributed by atoms with E-state index in [4.69, 9.17) is 9.47 Å². The Bertz CT molecular complexity index is 1230. The maximum atomic E-state index is 14.9. The molecule has 0 aliphatic carbocycles. The number of pyridine rings is 1. The highest BCUT2D eigenvalue weighted by Crippen LogP contribution is 2.39. The third kappa shape index (κ3) is 4.90. The second kappa shape index (κ2) is 9.85. The topological polar surface area (TPSA) is 75.6 Å². The maximum absolute atomic E-state index is 14.9. The Balaban J connectivity index is 1.39. The van der Waals surface area contributed by atoms with E-state index < -0.39 is 11.6 Å². The van der Waals surface area contributed by atoms with E-state index in [2.05, 4.69) is 39.0 Å². The molecule has 0 spiro atoms. The van der Waals surface area contributed by atoms with Crippen molar-refractivity contribution < 1.29 is 18.3 Å². The van der Waals surface area contributed by atoms with Gasteiger partial charge in [-0.1, -0.05) is 0 Å². The minimum atomic E-state index is -0.647. The molecule has 1 aromatic carbocycles. The number of ether oxygens (including phenoxy) is 2. The molecule has 0 amide bonds. The summed E-state index contributed by atoms with van der Waals surface area (Å²) in [6.07, 6.45) is 3.14. The number of anilines is 4. The summed E-state index contributed by atoms with van der Waals surface area (Å²) in [5.74, 6) is -0.340. The highest BCUT2D eigenvalue weighted by atomic mass is 19.1. The highest BCUT2D eigenvalue weighted by molar-refractivity contribution is 5.73. The van der Waals surface area contributed by atoms with Crippen LogP contribution in [0.3, 0.4) is 0 Å². The van der Waals surface area contributed by atoms with E-state index in [0.717, 1.165) is 25.0 Å². The Morgan fingerprint density at radius 3 is 2.50 bits per heavy atom. The normalized spacial score (nSPS) is 19.8. The van der Waals surface area contributed by atoms with Crippen molar-refractivity contribution >= 4 is 23.1 Å². The quantitative estimate of drug-likeness (QED) is 0.541. The first kappa shape index (κ1) is 24.2. The van der Waals surface area contributed by atoms with Crippen LogP contribution in [0.2, 0.25) is 0 Å². The second-order valence-electron chi connectivity index (χ2n) is 9.52. The first-order valence-electron chi connectivity index (χ1n) is 12.2. The van der Waals surface area contributed by atoms with Crippen LogP contribution in [-0.2, 0) is 4.74 Å². The van der Waals surface area contributed by atoms with Crippen molar-refractivity contribution in [3.63, 3.8) is 0 Å². The van der Waals surface area contributed by atoms with Gasteiger partial charge in [0.2, 0.25) is 5.95 Å². The van der Waals surface area contributed by atoms with Gasteiger partial charge in [0.15, 0.2) is 17.4 Å². The van der Waals surface area contributed by atoms with Gasteiger partial charge in [-0.15, -0.1) is 0 Å². The lowest BCUT2D eigenvalue weighted by Gasteiger charge is -2.36. The molecule has 4 heterocycles. The number of hydrogen-bond acceptors (Lipinski definition) is 8. The van der Waals surface area contributed by atoms with Crippen LogP contribution in [0.25, 0.3) is 11.3 Å². The summed E-state index contributed by atoms with van der Waals surface area (Å²) < 4.78 is 41.1. The molecular formula is C26H30F2N6O2. The molecule has 10 heteroatoms. The molecule has 2 aromatic heterocycles. The van der Waals surface area contributed by atoms with Crippen LogP contribution in [0.4, 0.5) is 31.9 Å². The van der Waals surface area contributed by atoms with E-state index in [9.17, 15) is 8.78 Å². The predicted molar refractivity (Wildman–Crippen MR) is 135 cm³/mol. The lowest BCUT2D eigenvalue weighted by atomic mass is 10.1. The van der Waals surface area contributed by atoms with E-state index in [1.54, 1.807) is 12.3 Å². The Hall–Kier alpha value is -3.53. The van der Waals surface area contributed by atoms with Crippen molar-refractivity contribution in [2.75, 3.05) is 41.4 Å². The third-order valence-corrected chi connectivity index (χ3v) is 6.33. The minimum Gasteiger partial charge on any atom is -0.486 e. The van der Waals surface area contributed by atoms with Gasteiger partial charge in [0.05, 0.1) is 42.5 Å². The van der Waals surface area contributed by atoms with Crippen LogP contribution in [-0.4, -0.2) is 59.4 Å². The molecule has 3 aromatic rings. The molecule has 1 N–H and O–H groups in total. The number of aromatic nitrogens is 3. The molecule has 2 atom stereocenters. The monoisotopic (exact) mass is 496 g/mol. The van der Waals surface area contributed by atoms with Gasteiger partial charge in [0.1, 0.15) is 18.1 Å². The molecule has 1 saturated heterocycles. The lowest BCUT2D eigenvalue weighted by molar-refractivity contribution is -0.00523. The Labute approximate surface area is 209 Å². The Kier molecular flexibility index (Phi) is 6.61. The molecule has 190 valence electrons. The number of fused-ring (bicyclic) bond motifs is 1. The van der Waals surface area contributed by atoms with Gasteiger partial charge in [0, 0.05) is 24.7 Å². The minimum absolute atomic E-state index is 0.00334. The van der Waals surface area contributed by atoms with Gasteiger partial charge in [-0.3, -0.25) is 0 Å². The summed E-state index contributed by atoms with van der Waals surface area (Å²) >= 11 is 0. The maximum Gasteiger partial charge on any atom is 0.229 e. The van der Waals surface area contributed by atoms with Gasteiger partial charge in [-0.05, 0) is 52.0 Å². The van der Waals surface area contributed by atoms with Crippen molar-refractivity contribution in [1.29, 1.82) is 0 Å². The van der Waals surface area contributed by atoms with Crippen molar-refractivity contribution in [1.82, 2.24) is 15.0 Å². The van der Waals surface area contributed by atoms with Gasteiger partial charge in [-0.25, -0.2) is 23.7 Å². The molecule has 2 aliphatic rings. The molecule has 1 fully saturated rings. The highest BCUT2D eigenvalue weighted by Gasteiger charge is 2.26. The van der Waals surface area contributed by atoms with Crippen molar-refractivity contribution in [3.05, 3.63) is 48.3 Å². The van der Waals surface area contributed by atoms with Crippen molar-refractivity contribution in [3.8, 4) is 17.0 Å². The Morgan fingerprint density at radius 1 is 1.03 bits per heavy atom. The zero-order chi connectivity index (χ0) is 25.4. The smallest absolute Gasteiger partial charge is 0.229 e. The molecule has 8 nitrogen and oxygen atoms in total. The van der Waals surface area contributed by atoms with Crippen LogP contribution in [0, 0.1) is 11.6 Å². The van der Waals surface area contributed by atoms with E-state index in [0.29, 0.717) is 30.2 Å². The van der Waals surface area contributed by atoms with Crippen LogP contribution >= 0.6 is 0 Å². The zero-order valence-corrected chi connectivity index (χ0v) is 20.8. The fourth-order valence-electron chi connectivity index (χ4n) is 4.75. The van der Waals surface area contributed by atoms with Crippen LogP contribution in [0.15, 0.2) is 36.7 Å². The summed E-state index contributed by atoms with van der Waals surface area (Å²) in [6, 6.07) is 6.87. The van der Waals surface area contributed by atoms with Gasteiger partial charge < -0.3 is 24.6 Å². The van der Waals surface area contributed by atoms with E-state index in [1.165, 1.54) is 6.07 Å². The average Bonchev–Trinajstić information content (AvgIpc) is 2.84. The van der Waals surface area contributed by atoms with Gasteiger partial charge in [-0.2, -0.15) is 0 Å². The fraction of sp³-hybridized carbons (Fsp3) is 0.423. The summed E-state index contributed by atoms with van der Waals surface area (Å²) in [6.45, 7) is 10.7. The number of halogens is 2. The molecular weight excluding hydrogens is 466 g/mol. The van der Waals surface area contributed by atoms with Crippen LogP contribution in [0.1, 0.15) is 27.7 Å². The largest absolute Gasteiger partial charge is 0.486 e. The van der Waals surface area contributed by atoms with E-state index in [1.807, 2.05) is 30.9 Å². The van der Waals surface area contributed by atoms with Gasteiger partial charge in [0.25, 0.3) is 0 Å². The van der Waals surface area contributed by atoms with Crippen molar-refractivity contribution in [2.24, 2.45) is 0 Å². The molecule has 5 rings (SSSR count). The standard InChI is InChI=1S/C26H30F2N6O2/c1-15(2)34-7-8-35-25-20(27)9-18(10-22(25)34)24-21(28)12-30-26(32-24)31-23-6-5-19(11-29-23)33-13-16(3)36-17(4)14-33/h5-6,9-12,15-17H,7-8,13-14H2,1-4H3,(H,29,30,31,32). The number of hydrogen-bond donors (Lipinski definition) is 1. The van der Waals surface area contributed by atoms with Gasteiger partial charge >= 0.3 is 0 Å². The van der Waals surface area contributed by atoms with Crippen LogP contribution in [0.5, 0.6) is 5.75 Å². The molecule has 0 saturated carbocycles. The SMILES string of the molecule is CC1CN(c2ccc(Nc3ncc(F)c(-c4cc(F)c5c(c4)N(C(C)C)CCO5)n3)nc2)CC(C)O1. The number of nitrogens with zero attached hydrogens (tertiary/aromatic N) is 5. The Morgan fingerprint density at radius 2 is 1.81 bits per heavy atom. The summed E-state index contributed by atoms with van der Waals surface area (Å²) in [4.78, 5) is 17.1.